The topological polar surface area (TPSA) is 73.5 Å². The van der Waals surface area contributed by atoms with Crippen LogP contribution in [0.15, 0.2) is 24.3 Å². The molecule has 3 amide bonds. The van der Waals surface area contributed by atoms with Crippen molar-refractivity contribution in [3.05, 3.63) is 29.8 Å². The zero-order valence-corrected chi connectivity index (χ0v) is 12.2. The summed E-state index contributed by atoms with van der Waals surface area (Å²) in [6, 6.07) is 7.17. The molecule has 0 aliphatic heterocycles. The van der Waals surface area contributed by atoms with Gasteiger partial charge in [0.05, 0.1) is 5.56 Å². The minimum absolute atomic E-state index is 0.152. The first kappa shape index (κ1) is 15.8. The van der Waals surface area contributed by atoms with Gasteiger partial charge in [-0.2, -0.15) is 0 Å². The summed E-state index contributed by atoms with van der Waals surface area (Å²) < 4.78 is 0. The average Bonchev–Trinajstić information content (AvgIpc) is 2.44. The first-order chi connectivity index (χ1) is 9.56. The Bertz CT molecular complexity index is 460. The van der Waals surface area contributed by atoms with E-state index in [1.807, 2.05) is 25.1 Å². The monoisotopic (exact) mass is 278 g/mol. The number of nitrogens with zero attached hydrogens (tertiary/aromatic N) is 1. The lowest BCUT2D eigenvalue weighted by Crippen LogP contribution is -2.39. The van der Waals surface area contributed by atoms with E-state index >= 15 is 0 Å². The Kier molecular flexibility index (Phi) is 6.36. The summed E-state index contributed by atoms with van der Waals surface area (Å²) in [6.45, 7) is 3.51. The summed E-state index contributed by atoms with van der Waals surface area (Å²) >= 11 is 0. The smallest absolute Gasteiger partial charge is 0.316 e. The number of hydrogen-bond donors (Lipinski definition) is 3. The summed E-state index contributed by atoms with van der Waals surface area (Å²) in [5.41, 5.74) is 1.41. The van der Waals surface area contributed by atoms with Crippen LogP contribution in [0.2, 0.25) is 0 Å². The fraction of sp³-hybridized carbons (Fsp3) is 0.429. The predicted molar refractivity (Wildman–Crippen MR) is 80.0 cm³/mol. The van der Waals surface area contributed by atoms with Gasteiger partial charge in [-0.1, -0.05) is 12.1 Å². The van der Waals surface area contributed by atoms with E-state index in [0.717, 1.165) is 12.2 Å². The molecule has 0 aromatic heterocycles. The molecule has 1 aromatic carbocycles. The molecule has 6 heteroatoms. The van der Waals surface area contributed by atoms with E-state index in [1.165, 1.54) is 4.90 Å². The number of amides is 3. The number of carbonyl (C=O) groups is 2. The minimum atomic E-state index is -0.174. The molecule has 110 valence electrons. The number of urea groups is 1. The number of benzene rings is 1. The molecule has 3 N–H and O–H groups in total. The molecule has 0 saturated heterocycles. The largest absolute Gasteiger partial charge is 0.385 e. The van der Waals surface area contributed by atoms with Crippen LogP contribution in [0.1, 0.15) is 17.3 Å². The Labute approximate surface area is 119 Å². The van der Waals surface area contributed by atoms with Crippen LogP contribution in [0, 0.1) is 0 Å². The summed E-state index contributed by atoms with van der Waals surface area (Å²) in [6.07, 6.45) is 0. The highest BCUT2D eigenvalue weighted by Crippen LogP contribution is 2.14. The number of hydrogen-bond acceptors (Lipinski definition) is 3. The molecule has 0 aliphatic carbocycles. The van der Waals surface area contributed by atoms with Gasteiger partial charge in [0, 0.05) is 39.4 Å². The third-order valence-electron chi connectivity index (χ3n) is 2.63. The first-order valence-electron chi connectivity index (χ1n) is 6.62. The van der Waals surface area contributed by atoms with Crippen molar-refractivity contribution in [2.45, 2.75) is 6.92 Å². The van der Waals surface area contributed by atoms with E-state index < -0.39 is 0 Å². The van der Waals surface area contributed by atoms with Crippen LogP contribution < -0.4 is 16.0 Å². The van der Waals surface area contributed by atoms with Gasteiger partial charge in [-0.25, -0.2) is 4.79 Å². The van der Waals surface area contributed by atoms with E-state index in [4.69, 9.17) is 0 Å². The van der Waals surface area contributed by atoms with Crippen molar-refractivity contribution in [2.24, 2.45) is 0 Å². The molecule has 20 heavy (non-hydrogen) atoms. The minimum Gasteiger partial charge on any atom is -0.385 e. The SMILES string of the molecule is CCNc1ccccc1C(=O)NCCNC(=O)N(C)C. The van der Waals surface area contributed by atoms with Crippen molar-refractivity contribution < 1.29 is 9.59 Å². The Morgan fingerprint density at radius 1 is 1.10 bits per heavy atom. The molecule has 1 rings (SSSR count). The highest BCUT2D eigenvalue weighted by Gasteiger charge is 2.09. The van der Waals surface area contributed by atoms with Crippen LogP contribution >= 0.6 is 0 Å². The Hall–Kier alpha value is -2.24. The molecule has 0 spiro atoms. The number of para-hydroxylation sites is 1. The average molecular weight is 278 g/mol. The fourth-order valence-electron chi connectivity index (χ4n) is 1.62. The van der Waals surface area contributed by atoms with E-state index in [-0.39, 0.29) is 11.9 Å². The van der Waals surface area contributed by atoms with Gasteiger partial charge < -0.3 is 20.9 Å². The zero-order chi connectivity index (χ0) is 15.0. The van der Waals surface area contributed by atoms with Gasteiger partial charge in [0.15, 0.2) is 0 Å². The van der Waals surface area contributed by atoms with Gasteiger partial charge >= 0.3 is 6.03 Å². The highest BCUT2D eigenvalue weighted by molar-refractivity contribution is 5.99. The summed E-state index contributed by atoms with van der Waals surface area (Å²) in [4.78, 5) is 24.8. The second kappa shape index (κ2) is 8.04. The molecule has 0 aliphatic rings. The van der Waals surface area contributed by atoms with Crippen LogP contribution in [0.5, 0.6) is 0 Å². The number of nitrogens with one attached hydrogen (secondary N) is 3. The van der Waals surface area contributed by atoms with Crippen molar-refractivity contribution in [1.29, 1.82) is 0 Å². The van der Waals surface area contributed by atoms with Crippen molar-refractivity contribution in [3.63, 3.8) is 0 Å². The van der Waals surface area contributed by atoms with Crippen LogP contribution in [0.3, 0.4) is 0 Å². The van der Waals surface area contributed by atoms with Crippen LogP contribution in [-0.4, -0.2) is 50.6 Å². The van der Waals surface area contributed by atoms with Crippen LogP contribution in [0.4, 0.5) is 10.5 Å². The first-order valence-corrected chi connectivity index (χ1v) is 6.62. The predicted octanol–water partition coefficient (Wildman–Crippen LogP) is 1.12. The maximum absolute atomic E-state index is 12.0. The second-order valence-electron chi connectivity index (χ2n) is 4.46. The van der Waals surface area contributed by atoms with E-state index in [2.05, 4.69) is 16.0 Å². The van der Waals surface area contributed by atoms with E-state index in [9.17, 15) is 9.59 Å². The van der Waals surface area contributed by atoms with Crippen LogP contribution in [0.25, 0.3) is 0 Å². The molecule has 0 atom stereocenters. The maximum atomic E-state index is 12.0. The number of anilines is 1. The normalized spacial score (nSPS) is 9.75. The van der Waals surface area contributed by atoms with Crippen molar-refractivity contribution in [3.8, 4) is 0 Å². The number of carbonyl (C=O) groups excluding carboxylic acids is 2. The van der Waals surface area contributed by atoms with Gasteiger partial charge in [-0.05, 0) is 19.1 Å². The highest BCUT2D eigenvalue weighted by atomic mass is 16.2. The molecule has 0 unspecified atom stereocenters. The lowest BCUT2D eigenvalue weighted by molar-refractivity contribution is 0.0954. The van der Waals surface area contributed by atoms with Crippen LogP contribution in [-0.2, 0) is 0 Å². The molecule has 0 saturated carbocycles. The Balaban J connectivity index is 2.45. The molecular weight excluding hydrogens is 256 g/mol. The van der Waals surface area contributed by atoms with E-state index in [1.54, 1.807) is 20.2 Å². The fourth-order valence-corrected chi connectivity index (χ4v) is 1.62. The lowest BCUT2D eigenvalue weighted by Gasteiger charge is -2.13. The van der Waals surface area contributed by atoms with Gasteiger partial charge in [-0.3, -0.25) is 4.79 Å². The molecule has 0 bridgehead atoms. The zero-order valence-electron chi connectivity index (χ0n) is 12.2. The lowest BCUT2D eigenvalue weighted by atomic mass is 10.1. The van der Waals surface area contributed by atoms with Gasteiger partial charge in [0.2, 0.25) is 0 Å². The Morgan fingerprint density at radius 2 is 1.75 bits per heavy atom. The quantitative estimate of drug-likeness (QED) is 0.683. The molecule has 0 radical (unpaired) electrons. The van der Waals surface area contributed by atoms with Crippen molar-refractivity contribution in [1.82, 2.24) is 15.5 Å². The van der Waals surface area contributed by atoms with Gasteiger partial charge in [-0.15, -0.1) is 0 Å². The second-order valence-corrected chi connectivity index (χ2v) is 4.46. The molecular formula is C14H22N4O2. The van der Waals surface area contributed by atoms with E-state index in [0.29, 0.717) is 18.7 Å². The number of rotatable bonds is 6. The van der Waals surface area contributed by atoms with Crippen molar-refractivity contribution >= 4 is 17.6 Å². The molecule has 0 heterocycles. The maximum Gasteiger partial charge on any atom is 0.316 e. The summed E-state index contributed by atoms with van der Waals surface area (Å²) in [7, 11) is 3.33. The Morgan fingerprint density at radius 3 is 2.40 bits per heavy atom. The summed E-state index contributed by atoms with van der Waals surface area (Å²) in [5.74, 6) is -0.152. The van der Waals surface area contributed by atoms with Gasteiger partial charge in [0.1, 0.15) is 0 Å². The third kappa shape index (κ3) is 4.79. The molecule has 0 fully saturated rings. The van der Waals surface area contributed by atoms with Crippen molar-refractivity contribution in [2.75, 3.05) is 39.0 Å². The third-order valence-corrected chi connectivity index (χ3v) is 2.63. The molecule has 6 nitrogen and oxygen atoms in total. The summed E-state index contributed by atoms with van der Waals surface area (Å²) in [5, 5.41) is 8.61. The van der Waals surface area contributed by atoms with Gasteiger partial charge in [0.25, 0.3) is 5.91 Å². The standard InChI is InChI=1S/C14H22N4O2/c1-4-15-12-8-6-5-7-11(12)13(19)16-9-10-17-14(20)18(2)3/h5-8,15H,4,9-10H2,1-3H3,(H,16,19)(H,17,20). The molecule has 1 aromatic rings.